The summed E-state index contributed by atoms with van der Waals surface area (Å²) in [4.78, 5) is 18.4. The standard InChI is InChI=1S/C13H20N4O3/c1-9-14-13(16-15-9)11-8-17(4-6-20-11)12(18)7-10-3-2-5-19-10/h10-11H,2-8H2,1H3,(H,14,15,16). The molecule has 0 bridgehead atoms. The highest BCUT2D eigenvalue weighted by atomic mass is 16.5. The van der Waals surface area contributed by atoms with Gasteiger partial charge in [0.1, 0.15) is 11.9 Å². The highest BCUT2D eigenvalue weighted by molar-refractivity contribution is 5.76. The molecule has 2 atom stereocenters. The van der Waals surface area contributed by atoms with E-state index in [-0.39, 0.29) is 18.1 Å². The lowest BCUT2D eigenvalue weighted by Gasteiger charge is -2.32. The Kier molecular flexibility index (Phi) is 3.98. The number of ether oxygens (including phenoxy) is 2. The molecule has 2 fully saturated rings. The third-order valence-corrected chi connectivity index (χ3v) is 3.75. The van der Waals surface area contributed by atoms with Crippen molar-refractivity contribution in [3.63, 3.8) is 0 Å². The average Bonchev–Trinajstić information content (AvgIpc) is 3.10. The monoisotopic (exact) mass is 280 g/mol. The van der Waals surface area contributed by atoms with Gasteiger partial charge in [-0.15, -0.1) is 0 Å². The number of morpholine rings is 1. The highest BCUT2D eigenvalue weighted by Crippen LogP contribution is 2.21. The molecule has 0 aromatic carbocycles. The molecule has 1 aromatic rings. The van der Waals surface area contributed by atoms with Gasteiger partial charge in [-0.05, 0) is 19.8 Å². The maximum absolute atomic E-state index is 12.3. The van der Waals surface area contributed by atoms with Gasteiger partial charge in [-0.3, -0.25) is 9.89 Å². The van der Waals surface area contributed by atoms with Gasteiger partial charge in [0.2, 0.25) is 5.91 Å². The van der Waals surface area contributed by atoms with Gasteiger partial charge < -0.3 is 14.4 Å². The van der Waals surface area contributed by atoms with Crippen molar-refractivity contribution in [2.45, 2.75) is 38.4 Å². The minimum atomic E-state index is -0.234. The van der Waals surface area contributed by atoms with E-state index in [1.807, 2.05) is 11.8 Å². The molecule has 3 heterocycles. The molecule has 110 valence electrons. The Labute approximate surface area is 117 Å². The van der Waals surface area contributed by atoms with Crippen LogP contribution in [0.5, 0.6) is 0 Å². The van der Waals surface area contributed by atoms with E-state index in [4.69, 9.17) is 9.47 Å². The maximum Gasteiger partial charge on any atom is 0.225 e. The fourth-order valence-corrected chi connectivity index (χ4v) is 2.67. The van der Waals surface area contributed by atoms with E-state index in [0.29, 0.717) is 31.9 Å². The van der Waals surface area contributed by atoms with E-state index >= 15 is 0 Å². The number of nitrogens with one attached hydrogen (secondary N) is 1. The van der Waals surface area contributed by atoms with E-state index in [1.165, 1.54) is 0 Å². The van der Waals surface area contributed by atoms with Gasteiger partial charge in [0, 0.05) is 13.2 Å². The van der Waals surface area contributed by atoms with E-state index in [0.717, 1.165) is 25.3 Å². The molecule has 20 heavy (non-hydrogen) atoms. The number of carbonyl (C=O) groups is 1. The Hall–Kier alpha value is -1.47. The third kappa shape index (κ3) is 2.99. The second kappa shape index (κ2) is 5.88. The zero-order chi connectivity index (χ0) is 13.9. The van der Waals surface area contributed by atoms with Crippen LogP contribution >= 0.6 is 0 Å². The smallest absolute Gasteiger partial charge is 0.225 e. The van der Waals surface area contributed by atoms with Crippen molar-refractivity contribution in [1.29, 1.82) is 0 Å². The number of hydrogen-bond donors (Lipinski definition) is 1. The molecular formula is C13H20N4O3. The number of aromatic nitrogens is 3. The molecule has 7 heteroatoms. The van der Waals surface area contributed by atoms with Crippen LogP contribution in [-0.4, -0.2) is 58.4 Å². The lowest BCUT2D eigenvalue weighted by atomic mass is 10.1. The van der Waals surface area contributed by atoms with Crippen LogP contribution in [0.2, 0.25) is 0 Å². The molecule has 3 rings (SSSR count). The van der Waals surface area contributed by atoms with Gasteiger partial charge >= 0.3 is 0 Å². The zero-order valence-corrected chi connectivity index (χ0v) is 11.7. The Morgan fingerprint density at radius 1 is 1.45 bits per heavy atom. The highest BCUT2D eigenvalue weighted by Gasteiger charge is 2.29. The number of aromatic amines is 1. The van der Waals surface area contributed by atoms with Crippen molar-refractivity contribution in [3.05, 3.63) is 11.6 Å². The molecule has 7 nitrogen and oxygen atoms in total. The molecule has 2 aliphatic heterocycles. The Morgan fingerprint density at radius 2 is 2.35 bits per heavy atom. The van der Waals surface area contributed by atoms with Crippen LogP contribution in [0.15, 0.2) is 0 Å². The lowest BCUT2D eigenvalue weighted by molar-refractivity contribution is -0.141. The number of carbonyl (C=O) groups excluding carboxylic acids is 1. The fourth-order valence-electron chi connectivity index (χ4n) is 2.67. The maximum atomic E-state index is 12.3. The van der Waals surface area contributed by atoms with Gasteiger partial charge in [0.25, 0.3) is 0 Å². The molecule has 2 aliphatic rings. The number of hydrogen-bond acceptors (Lipinski definition) is 5. The Balaban J connectivity index is 1.58. The van der Waals surface area contributed by atoms with Crippen LogP contribution in [0, 0.1) is 6.92 Å². The first-order valence-electron chi connectivity index (χ1n) is 7.12. The van der Waals surface area contributed by atoms with E-state index in [9.17, 15) is 4.79 Å². The van der Waals surface area contributed by atoms with Gasteiger partial charge in [-0.1, -0.05) is 0 Å². The summed E-state index contributed by atoms with van der Waals surface area (Å²) in [6.45, 7) is 4.30. The van der Waals surface area contributed by atoms with Crippen LogP contribution in [0.1, 0.15) is 37.0 Å². The van der Waals surface area contributed by atoms with E-state index < -0.39 is 0 Å². The van der Waals surface area contributed by atoms with Crippen LogP contribution in [0.4, 0.5) is 0 Å². The summed E-state index contributed by atoms with van der Waals surface area (Å²) in [5.41, 5.74) is 0. The van der Waals surface area contributed by atoms with Crippen LogP contribution in [0.25, 0.3) is 0 Å². The summed E-state index contributed by atoms with van der Waals surface area (Å²) in [5.74, 6) is 1.51. The predicted octanol–water partition coefficient (Wildman–Crippen LogP) is 0.582. The first kappa shape index (κ1) is 13.5. The molecule has 2 saturated heterocycles. The van der Waals surface area contributed by atoms with Gasteiger partial charge in [0.05, 0.1) is 25.7 Å². The molecule has 1 aromatic heterocycles. The number of aryl methyl sites for hydroxylation is 1. The molecule has 0 aliphatic carbocycles. The summed E-state index contributed by atoms with van der Waals surface area (Å²) in [6.07, 6.45) is 2.37. The first-order chi connectivity index (χ1) is 9.72. The molecule has 0 radical (unpaired) electrons. The van der Waals surface area contributed by atoms with Crippen molar-refractivity contribution in [1.82, 2.24) is 20.1 Å². The Bertz CT molecular complexity index is 470. The molecule has 1 amide bonds. The van der Waals surface area contributed by atoms with Crippen LogP contribution < -0.4 is 0 Å². The number of amides is 1. The normalized spacial score (nSPS) is 26.9. The number of H-pyrrole nitrogens is 1. The lowest BCUT2D eigenvalue weighted by Crippen LogP contribution is -2.43. The van der Waals surface area contributed by atoms with Crippen molar-refractivity contribution in [2.24, 2.45) is 0 Å². The second-order valence-corrected chi connectivity index (χ2v) is 5.32. The quantitative estimate of drug-likeness (QED) is 0.876. The van der Waals surface area contributed by atoms with Crippen molar-refractivity contribution >= 4 is 5.91 Å². The SMILES string of the molecule is Cc1nc(C2CN(C(=O)CC3CCCO3)CCO2)n[nH]1. The summed E-state index contributed by atoms with van der Waals surface area (Å²) < 4.78 is 11.2. The fraction of sp³-hybridized carbons (Fsp3) is 0.769. The molecular weight excluding hydrogens is 260 g/mol. The minimum Gasteiger partial charge on any atom is -0.378 e. The summed E-state index contributed by atoms with van der Waals surface area (Å²) in [7, 11) is 0. The van der Waals surface area contributed by atoms with Gasteiger partial charge in [-0.2, -0.15) is 5.10 Å². The van der Waals surface area contributed by atoms with Crippen molar-refractivity contribution in [3.8, 4) is 0 Å². The topological polar surface area (TPSA) is 80.3 Å². The largest absolute Gasteiger partial charge is 0.378 e. The second-order valence-electron chi connectivity index (χ2n) is 5.32. The van der Waals surface area contributed by atoms with Gasteiger partial charge in [-0.25, -0.2) is 4.98 Å². The predicted molar refractivity (Wildman–Crippen MR) is 70.0 cm³/mol. The Morgan fingerprint density at radius 3 is 3.05 bits per heavy atom. The first-order valence-corrected chi connectivity index (χ1v) is 7.12. The van der Waals surface area contributed by atoms with Gasteiger partial charge in [0.15, 0.2) is 5.82 Å². The van der Waals surface area contributed by atoms with Crippen LogP contribution in [0.3, 0.4) is 0 Å². The van der Waals surface area contributed by atoms with E-state index in [2.05, 4.69) is 15.2 Å². The third-order valence-electron chi connectivity index (χ3n) is 3.75. The zero-order valence-electron chi connectivity index (χ0n) is 11.7. The minimum absolute atomic E-state index is 0.0922. The number of nitrogens with zero attached hydrogens (tertiary/aromatic N) is 3. The van der Waals surface area contributed by atoms with Crippen molar-refractivity contribution in [2.75, 3.05) is 26.3 Å². The summed E-state index contributed by atoms with van der Waals surface area (Å²) in [5, 5.41) is 6.92. The molecule has 0 spiro atoms. The van der Waals surface area contributed by atoms with Crippen LogP contribution in [-0.2, 0) is 14.3 Å². The summed E-state index contributed by atoms with van der Waals surface area (Å²) in [6, 6.07) is 0. The molecule has 0 saturated carbocycles. The summed E-state index contributed by atoms with van der Waals surface area (Å²) >= 11 is 0. The average molecular weight is 280 g/mol. The van der Waals surface area contributed by atoms with E-state index in [1.54, 1.807) is 0 Å². The molecule has 1 N–H and O–H groups in total. The van der Waals surface area contributed by atoms with Crippen molar-refractivity contribution < 1.29 is 14.3 Å². The number of rotatable bonds is 3. The molecule has 2 unspecified atom stereocenters.